The fourth-order valence-electron chi connectivity index (χ4n) is 4.46. The zero-order valence-electron chi connectivity index (χ0n) is 18.4. The summed E-state index contributed by atoms with van der Waals surface area (Å²) < 4.78 is 0. The number of rotatable bonds is 5. The first-order valence-corrected chi connectivity index (χ1v) is 12.2. The average molecular weight is 501 g/mol. The van der Waals surface area contributed by atoms with Gasteiger partial charge in [-0.1, -0.05) is 60.3 Å². The number of nitrogens with zero attached hydrogens (tertiary/aromatic N) is 3. The van der Waals surface area contributed by atoms with Crippen LogP contribution in [-0.2, 0) is 4.79 Å². The minimum Gasteiger partial charge on any atom is -0.343 e. The topological polar surface area (TPSA) is 47.9 Å². The number of aliphatic imine (C=N–C) groups is 1. The van der Waals surface area contributed by atoms with Crippen LogP contribution in [0.25, 0.3) is 0 Å². The van der Waals surface area contributed by atoms with Crippen molar-refractivity contribution in [3.63, 3.8) is 0 Å². The van der Waals surface area contributed by atoms with Gasteiger partial charge in [0, 0.05) is 40.8 Å². The molecular weight excluding hydrogens is 475 g/mol. The Morgan fingerprint density at radius 3 is 2.67 bits per heavy atom. The van der Waals surface area contributed by atoms with E-state index in [1.54, 1.807) is 24.1 Å². The van der Waals surface area contributed by atoms with Crippen LogP contribution in [0.5, 0.6) is 0 Å². The highest BCUT2D eigenvalue weighted by Gasteiger charge is 2.33. The van der Waals surface area contributed by atoms with Crippen LogP contribution in [0.3, 0.4) is 0 Å². The third kappa shape index (κ3) is 4.93. The van der Waals surface area contributed by atoms with Gasteiger partial charge in [0.15, 0.2) is 5.11 Å². The highest BCUT2D eigenvalue weighted by atomic mass is 35.5. The van der Waals surface area contributed by atoms with Gasteiger partial charge < -0.3 is 15.1 Å². The number of benzodiazepines with no additional fused rings is 1. The molecule has 0 spiro atoms. The number of halogens is 2. The first-order valence-electron chi connectivity index (χ1n) is 11.0. The van der Waals surface area contributed by atoms with Crippen molar-refractivity contribution in [2.45, 2.75) is 37.9 Å². The largest absolute Gasteiger partial charge is 0.343 e. The number of anilines is 1. The molecule has 1 N–H and O–H groups in total. The van der Waals surface area contributed by atoms with Gasteiger partial charge in [0.2, 0.25) is 6.17 Å². The summed E-state index contributed by atoms with van der Waals surface area (Å²) in [7, 11) is 1.73. The second-order valence-electron chi connectivity index (χ2n) is 8.25. The van der Waals surface area contributed by atoms with Gasteiger partial charge in [-0.15, -0.1) is 6.58 Å². The Balaban J connectivity index is 1.76. The molecule has 0 saturated heterocycles. The van der Waals surface area contributed by atoms with Crippen LogP contribution >= 0.6 is 35.4 Å². The maximum absolute atomic E-state index is 13.5. The summed E-state index contributed by atoms with van der Waals surface area (Å²) in [4.78, 5) is 22.0. The lowest BCUT2D eigenvalue weighted by Gasteiger charge is -2.32. The fourth-order valence-corrected chi connectivity index (χ4v) is 5.19. The van der Waals surface area contributed by atoms with Crippen molar-refractivity contribution in [2.75, 3.05) is 18.5 Å². The minimum absolute atomic E-state index is 0.215. The molecule has 172 valence electrons. The molecule has 1 fully saturated rings. The Kier molecular flexibility index (Phi) is 7.37. The Morgan fingerprint density at radius 2 is 1.97 bits per heavy atom. The lowest BCUT2D eigenvalue weighted by atomic mass is 10.00. The molecule has 2 aromatic carbocycles. The first-order chi connectivity index (χ1) is 15.9. The van der Waals surface area contributed by atoms with Gasteiger partial charge >= 0.3 is 0 Å². The predicted molar refractivity (Wildman–Crippen MR) is 141 cm³/mol. The highest BCUT2D eigenvalue weighted by molar-refractivity contribution is 7.80. The quantitative estimate of drug-likeness (QED) is 0.438. The Bertz CT molecular complexity index is 1110. The number of carbonyl (C=O) groups excluding carboxylic acids is 1. The van der Waals surface area contributed by atoms with Crippen molar-refractivity contribution in [1.29, 1.82) is 0 Å². The molecule has 0 bridgehead atoms. The van der Waals surface area contributed by atoms with Crippen molar-refractivity contribution in [3.8, 4) is 0 Å². The van der Waals surface area contributed by atoms with E-state index in [0.717, 1.165) is 24.0 Å². The molecule has 2 aliphatic rings. The van der Waals surface area contributed by atoms with E-state index >= 15 is 0 Å². The average Bonchev–Trinajstić information content (AvgIpc) is 3.31. The Hall–Kier alpha value is -2.41. The first kappa shape index (κ1) is 23.7. The van der Waals surface area contributed by atoms with Crippen LogP contribution in [0.15, 0.2) is 60.1 Å². The molecule has 1 saturated carbocycles. The number of hydrogen-bond acceptors (Lipinski definition) is 3. The van der Waals surface area contributed by atoms with Gasteiger partial charge in [-0.2, -0.15) is 0 Å². The number of amides is 1. The number of likely N-dealkylation sites (N-methyl/N-ethyl adjacent to an activating group) is 1. The van der Waals surface area contributed by atoms with Crippen molar-refractivity contribution < 1.29 is 4.79 Å². The smallest absolute Gasteiger partial charge is 0.272 e. The van der Waals surface area contributed by atoms with Gasteiger partial charge in [-0.3, -0.25) is 4.79 Å². The molecule has 1 atom stereocenters. The molecule has 4 rings (SSSR count). The van der Waals surface area contributed by atoms with Crippen LogP contribution in [0.2, 0.25) is 10.0 Å². The molecule has 8 heteroatoms. The van der Waals surface area contributed by atoms with Crippen molar-refractivity contribution in [2.24, 2.45) is 4.99 Å². The Morgan fingerprint density at radius 1 is 1.24 bits per heavy atom. The molecule has 5 nitrogen and oxygen atoms in total. The van der Waals surface area contributed by atoms with Crippen LogP contribution in [-0.4, -0.2) is 47.4 Å². The standard InChI is InChI=1S/C25H26Cl2N4OS/c1-3-14-31(17-8-4-5-9-17)25(33)29-23-24(32)30(2)21-13-12-16(26)15-19(21)22(28-23)18-10-6-7-11-20(18)27/h3,6-7,10-13,15,17,23H,1,4-5,8-9,14H2,2H3,(H,29,33). The van der Waals surface area contributed by atoms with E-state index in [2.05, 4.69) is 16.8 Å². The predicted octanol–water partition coefficient (Wildman–Crippen LogP) is 5.44. The second-order valence-corrected chi connectivity index (χ2v) is 9.48. The van der Waals surface area contributed by atoms with E-state index in [1.165, 1.54) is 12.8 Å². The van der Waals surface area contributed by atoms with Crippen molar-refractivity contribution >= 4 is 57.8 Å². The van der Waals surface area contributed by atoms with E-state index in [-0.39, 0.29) is 5.91 Å². The molecule has 1 amide bonds. The molecule has 0 radical (unpaired) electrons. The third-order valence-electron chi connectivity index (χ3n) is 6.14. The highest BCUT2D eigenvalue weighted by Crippen LogP contribution is 2.32. The van der Waals surface area contributed by atoms with E-state index < -0.39 is 6.17 Å². The van der Waals surface area contributed by atoms with Crippen LogP contribution in [0, 0.1) is 0 Å². The molecule has 1 heterocycles. The molecule has 33 heavy (non-hydrogen) atoms. The number of benzene rings is 2. The lowest BCUT2D eigenvalue weighted by Crippen LogP contribution is -2.52. The number of fused-ring (bicyclic) bond motifs is 1. The fraction of sp³-hybridized carbons (Fsp3) is 0.320. The molecule has 0 aromatic heterocycles. The summed E-state index contributed by atoms with van der Waals surface area (Å²) in [5.41, 5.74) is 2.76. The van der Waals surface area contributed by atoms with Gasteiger partial charge in [-0.05, 0) is 49.3 Å². The van der Waals surface area contributed by atoms with Crippen LogP contribution in [0.4, 0.5) is 5.69 Å². The summed E-state index contributed by atoms with van der Waals surface area (Å²) >= 11 is 18.6. The summed E-state index contributed by atoms with van der Waals surface area (Å²) in [5.74, 6) is -0.215. The summed E-state index contributed by atoms with van der Waals surface area (Å²) in [5, 5.41) is 4.82. The van der Waals surface area contributed by atoms with Crippen molar-refractivity contribution in [3.05, 3.63) is 76.3 Å². The lowest BCUT2D eigenvalue weighted by molar-refractivity contribution is -0.119. The monoisotopic (exact) mass is 500 g/mol. The maximum atomic E-state index is 13.5. The van der Waals surface area contributed by atoms with E-state index in [4.69, 9.17) is 40.4 Å². The zero-order chi connectivity index (χ0) is 23.5. The Labute approximate surface area is 210 Å². The van der Waals surface area contributed by atoms with Gasteiger partial charge in [0.05, 0.1) is 11.4 Å². The number of nitrogens with one attached hydrogen (secondary N) is 1. The molecule has 1 aliphatic carbocycles. The maximum Gasteiger partial charge on any atom is 0.272 e. The molecule has 1 unspecified atom stereocenters. The number of thiocarbonyl (C=S) groups is 1. The minimum atomic E-state index is -0.909. The van der Waals surface area contributed by atoms with Crippen LogP contribution in [0.1, 0.15) is 36.8 Å². The van der Waals surface area contributed by atoms with Gasteiger partial charge in [0.1, 0.15) is 0 Å². The number of hydrogen-bond donors (Lipinski definition) is 1. The molecule has 1 aliphatic heterocycles. The van der Waals surface area contributed by atoms with E-state index in [0.29, 0.717) is 39.1 Å². The zero-order valence-corrected chi connectivity index (χ0v) is 20.8. The van der Waals surface area contributed by atoms with Crippen molar-refractivity contribution in [1.82, 2.24) is 10.2 Å². The van der Waals surface area contributed by atoms with E-state index in [9.17, 15) is 4.79 Å². The normalized spacial score (nSPS) is 18.4. The summed E-state index contributed by atoms with van der Waals surface area (Å²) in [6.07, 6.45) is 5.43. The third-order valence-corrected chi connectivity index (χ3v) is 7.06. The van der Waals surface area contributed by atoms with E-state index in [1.807, 2.05) is 36.4 Å². The summed E-state index contributed by atoms with van der Waals surface area (Å²) in [6.45, 7) is 4.50. The SMILES string of the molecule is C=CCN(C(=S)NC1N=C(c2ccccc2Cl)c2cc(Cl)ccc2N(C)C1=O)C1CCCC1. The second kappa shape index (κ2) is 10.2. The van der Waals surface area contributed by atoms with Gasteiger partial charge in [-0.25, -0.2) is 4.99 Å². The molecule has 2 aromatic rings. The molecular formula is C25H26Cl2N4OS. The van der Waals surface area contributed by atoms with Crippen LogP contribution < -0.4 is 10.2 Å². The van der Waals surface area contributed by atoms with Gasteiger partial charge in [0.25, 0.3) is 5.91 Å². The number of carbonyl (C=O) groups is 1. The summed E-state index contributed by atoms with van der Waals surface area (Å²) in [6, 6.07) is 13.2.